The van der Waals surface area contributed by atoms with Crippen molar-refractivity contribution < 1.29 is 19.4 Å². The summed E-state index contributed by atoms with van der Waals surface area (Å²) in [6.07, 6.45) is 1.07. The number of rotatable bonds is 5. The minimum atomic E-state index is -0.636. The molecule has 3 N–H and O–H groups in total. The molecule has 7 heteroatoms. The summed E-state index contributed by atoms with van der Waals surface area (Å²) in [5, 5.41) is 15.1. The highest BCUT2D eigenvalue weighted by atomic mass is 79.9. The first kappa shape index (κ1) is 18.3. The Morgan fingerprint density at radius 2 is 2.12 bits per heavy atom. The van der Waals surface area contributed by atoms with E-state index in [0.717, 1.165) is 6.42 Å². The molecule has 0 saturated heterocycles. The first-order valence-corrected chi connectivity index (χ1v) is 8.62. The van der Waals surface area contributed by atoms with Gasteiger partial charge in [0.05, 0.1) is 22.2 Å². The van der Waals surface area contributed by atoms with Crippen molar-refractivity contribution in [2.45, 2.75) is 45.8 Å². The summed E-state index contributed by atoms with van der Waals surface area (Å²) in [5.41, 5.74) is 1.64. The van der Waals surface area contributed by atoms with Crippen molar-refractivity contribution >= 4 is 27.9 Å². The number of amides is 2. The van der Waals surface area contributed by atoms with Gasteiger partial charge in [-0.2, -0.15) is 0 Å². The number of benzene rings is 1. The number of nitrogens with one attached hydrogen (secondary N) is 2. The van der Waals surface area contributed by atoms with Crippen LogP contribution in [0.2, 0.25) is 0 Å². The van der Waals surface area contributed by atoms with Gasteiger partial charge in [0.25, 0.3) is 0 Å². The number of hydrogen-bond acceptors (Lipinski definition) is 4. The smallest absolute Gasteiger partial charge is 0.338 e. The van der Waals surface area contributed by atoms with E-state index < -0.39 is 12.0 Å². The molecule has 1 aliphatic heterocycles. The van der Waals surface area contributed by atoms with Crippen molar-refractivity contribution in [2.24, 2.45) is 0 Å². The van der Waals surface area contributed by atoms with E-state index in [1.54, 1.807) is 26.0 Å². The van der Waals surface area contributed by atoms with Crippen molar-refractivity contribution in [3.8, 4) is 5.75 Å². The minimum Gasteiger partial charge on any atom is -0.507 e. The van der Waals surface area contributed by atoms with E-state index >= 15 is 0 Å². The molecule has 0 aromatic heterocycles. The molecule has 1 unspecified atom stereocenters. The molecule has 24 heavy (non-hydrogen) atoms. The lowest BCUT2D eigenvalue weighted by molar-refractivity contribution is -0.143. The number of aromatic hydroxyl groups is 1. The normalized spacial score (nSPS) is 17.5. The quantitative estimate of drug-likeness (QED) is 0.664. The first-order chi connectivity index (χ1) is 11.3. The average molecular weight is 397 g/mol. The molecule has 0 fully saturated rings. The summed E-state index contributed by atoms with van der Waals surface area (Å²) < 4.78 is 5.85. The maximum Gasteiger partial charge on any atom is 0.338 e. The van der Waals surface area contributed by atoms with Crippen LogP contribution in [0, 0.1) is 0 Å². The van der Waals surface area contributed by atoms with Crippen LogP contribution < -0.4 is 10.6 Å². The number of phenolic OH excluding ortho intramolecular Hbond substituents is 1. The van der Waals surface area contributed by atoms with Gasteiger partial charge in [-0.25, -0.2) is 9.59 Å². The van der Waals surface area contributed by atoms with Crippen LogP contribution in [0.4, 0.5) is 4.79 Å². The molecule has 2 amide bonds. The summed E-state index contributed by atoms with van der Waals surface area (Å²) in [6.45, 7) is 5.52. The molecule has 0 saturated carbocycles. The third kappa shape index (κ3) is 4.08. The second kappa shape index (κ2) is 7.70. The predicted molar refractivity (Wildman–Crippen MR) is 93.4 cm³/mol. The molecule has 1 heterocycles. The van der Waals surface area contributed by atoms with Crippen LogP contribution in [-0.2, 0) is 9.53 Å². The third-order valence-corrected chi connectivity index (χ3v) is 4.16. The van der Waals surface area contributed by atoms with Crippen LogP contribution in [0.5, 0.6) is 5.75 Å². The number of phenols is 1. The van der Waals surface area contributed by atoms with Crippen molar-refractivity contribution in [3.63, 3.8) is 0 Å². The summed E-state index contributed by atoms with van der Waals surface area (Å²) in [7, 11) is 0. The molecule has 130 valence electrons. The van der Waals surface area contributed by atoms with Crippen LogP contribution in [-0.4, -0.2) is 23.2 Å². The van der Waals surface area contributed by atoms with Crippen LogP contribution in [0.15, 0.2) is 33.9 Å². The van der Waals surface area contributed by atoms with Crippen molar-refractivity contribution in [3.05, 3.63) is 39.5 Å². The zero-order valence-electron chi connectivity index (χ0n) is 13.9. The molecule has 0 aliphatic carbocycles. The van der Waals surface area contributed by atoms with Gasteiger partial charge in [0.15, 0.2) is 0 Å². The lowest BCUT2D eigenvalue weighted by atomic mass is 9.93. The second-order valence-corrected chi connectivity index (χ2v) is 6.69. The molecule has 1 aromatic rings. The fourth-order valence-electron chi connectivity index (χ4n) is 2.54. The Morgan fingerprint density at radius 3 is 2.71 bits per heavy atom. The molecule has 6 nitrogen and oxygen atoms in total. The Kier molecular flexibility index (Phi) is 5.88. The Labute approximate surface area is 149 Å². The number of halogens is 1. The maximum atomic E-state index is 12.6. The highest BCUT2D eigenvalue weighted by Gasteiger charge is 2.34. The van der Waals surface area contributed by atoms with Gasteiger partial charge in [0.2, 0.25) is 0 Å². The second-order valence-electron chi connectivity index (χ2n) is 5.84. The summed E-state index contributed by atoms with van der Waals surface area (Å²) in [4.78, 5) is 24.6. The first-order valence-electron chi connectivity index (χ1n) is 7.83. The van der Waals surface area contributed by atoms with Crippen molar-refractivity contribution in [1.82, 2.24) is 10.6 Å². The standard InChI is InChI=1S/C17H21BrN2O4/c1-4-5-12-14(16(22)24-9(2)3)15(20-17(23)19-12)10-6-7-13(21)11(18)8-10/h6-9,15,21H,4-5H2,1-3H3,(H2,19,20,23). The molecule has 0 bridgehead atoms. The molecule has 1 aromatic carbocycles. The van der Waals surface area contributed by atoms with Crippen LogP contribution in [0.25, 0.3) is 0 Å². The van der Waals surface area contributed by atoms with Gasteiger partial charge in [-0.05, 0) is 53.9 Å². The summed E-state index contributed by atoms with van der Waals surface area (Å²) >= 11 is 3.26. The maximum absolute atomic E-state index is 12.6. The van der Waals surface area contributed by atoms with Gasteiger partial charge in [-0.1, -0.05) is 19.4 Å². The fraction of sp³-hybridized carbons (Fsp3) is 0.412. The molecule has 0 radical (unpaired) electrons. The van der Waals surface area contributed by atoms with Gasteiger partial charge in [-0.15, -0.1) is 0 Å². The average Bonchev–Trinajstić information content (AvgIpc) is 2.49. The van der Waals surface area contributed by atoms with E-state index in [1.807, 2.05) is 6.92 Å². The topological polar surface area (TPSA) is 87.7 Å². The van der Waals surface area contributed by atoms with E-state index in [2.05, 4.69) is 26.6 Å². The number of carbonyl (C=O) groups is 2. The highest BCUT2D eigenvalue weighted by molar-refractivity contribution is 9.10. The largest absolute Gasteiger partial charge is 0.507 e. The molecule has 1 atom stereocenters. The summed E-state index contributed by atoms with van der Waals surface area (Å²) in [5.74, 6) is -0.377. The molecule has 2 rings (SSSR count). The highest BCUT2D eigenvalue weighted by Crippen LogP contribution is 2.33. The third-order valence-electron chi connectivity index (χ3n) is 3.52. The minimum absolute atomic E-state index is 0.0862. The number of hydrogen-bond donors (Lipinski definition) is 3. The van der Waals surface area contributed by atoms with Crippen LogP contribution in [0.3, 0.4) is 0 Å². The van der Waals surface area contributed by atoms with E-state index in [1.165, 1.54) is 6.07 Å². The van der Waals surface area contributed by atoms with E-state index in [-0.39, 0.29) is 17.9 Å². The Balaban J connectivity index is 2.51. The van der Waals surface area contributed by atoms with E-state index in [0.29, 0.717) is 27.7 Å². The van der Waals surface area contributed by atoms with Crippen LogP contribution in [0.1, 0.15) is 45.2 Å². The van der Waals surface area contributed by atoms with Gasteiger partial charge in [0.1, 0.15) is 5.75 Å². The van der Waals surface area contributed by atoms with Crippen LogP contribution >= 0.6 is 15.9 Å². The van der Waals surface area contributed by atoms with Gasteiger partial charge < -0.3 is 20.5 Å². The molecular formula is C17H21BrN2O4. The Morgan fingerprint density at radius 1 is 1.42 bits per heavy atom. The zero-order valence-corrected chi connectivity index (χ0v) is 15.4. The Hall–Kier alpha value is -2.02. The number of allylic oxidation sites excluding steroid dienone is 1. The van der Waals surface area contributed by atoms with Crippen molar-refractivity contribution in [2.75, 3.05) is 0 Å². The zero-order chi connectivity index (χ0) is 17.9. The van der Waals surface area contributed by atoms with Gasteiger partial charge in [-0.3, -0.25) is 0 Å². The fourth-order valence-corrected chi connectivity index (χ4v) is 2.93. The molecular weight excluding hydrogens is 376 g/mol. The number of esters is 1. The number of carbonyl (C=O) groups excluding carboxylic acids is 2. The van der Waals surface area contributed by atoms with Gasteiger partial charge >= 0.3 is 12.0 Å². The number of urea groups is 1. The lowest BCUT2D eigenvalue weighted by Crippen LogP contribution is -2.46. The monoisotopic (exact) mass is 396 g/mol. The Bertz CT molecular complexity index is 685. The SMILES string of the molecule is CCCC1=C(C(=O)OC(C)C)C(c2ccc(O)c(Br)c2)NC(=O)N1. The molecule has 0 spiro atoms. The summed E-state index contributed by atoms with van der Waals surface area (Å²) in [6, 6.07) is 3.86. The lowest BCUT2D eigenvalue weighted by Gasteiger charge is -2.30. The number of ether oxygens (including phenoxy) is 1. The van der Waals surface area contributed by atoms with E-state index in [4.69, 9.17) is 4.74 Å². The molecule has 1 aliphatic rings. The van der Waals surface area contributed by atoms with Gasteiger partial charge in [0, 0.05) is 5.70 Å². The van der Waals surface area contributed by atoms with E-state index in [9.17, 15) is 14.7 Å². The predicted octanol–water partition coefficient (Wildman–Crippen LogP) is 3.51. The van der Waals surface area contributed by atoms with Crippen molar-refractivity contribution in [1.29, 1.82) is 0 Å².